The van der Waals surface area contributed by atoms with Crippen molar-refractivity contribution in [1.29, 1.82) is 0 Å². The second-order valence-electron chi connectivity index (χ2n) is 4.80. The lowest BCUT2D eigenvalue weighted by atomic mass is 10.0. The van der Waals surface area contributed by atoms with E-state index in [0.717, 1.165) is 6.42 Å². The predicted molar refractivity (Wildman–Crippen MR) is 71.1 cm³/mol. The summed E-state index contributed by atoms with van der Waals surface area (Å²) in [5.41, 5.74) is 0.0735. The molecule has 4 N–H and O–H groups in total. The Balaban J connectivity index is 3.09. The van der Waals surface area contributed by atoms with E-state index >= 15 is 0 Å². The number of carbonyl (C=O) groups excluding carboxylic acids is 1. The van der Waals surface area contributed by atoms with Crippen molar-refractivity contribution in [3.05, 3.63) is 11.4 Å². The highest BCUT2D eigenvalue weighted by atomic mass is 32.2. The first kappa shape index (κ1) is 15.6. The molecule has 1 atom stereocenters. The summed E-state index contributed by atoms with van der Waals surface area (Å²) < 4.78 is 22.9. The molecule has 0 aromatic carbocycles. The third-order valence-electron chi connectivity index (χ3n) is 2.95. The van der Waals surface area contributed by atoms with Crippen LogP contribution in [0.4, 0.5) is 0 Å². The van der Waals surface area contributed by atoms with Crippen LogP contribution in [0.1, 0.15) is 43.4 Å². The fourth-order valence-electron chi connectivity index (χ4n) is 1.90. The molecule has 0 aliphatic rings. The molecular formula is C11H20N4O3S. The highest BCUT2D eigenvalue weighted by Crippen LogP contribution is 2.16. The van der Waals surface area contributed by atoms with Gasteiger partial charge in [0.25, 0.3) is 5.91 Å². The van der Waals surface area contributed by atoms with Crippen LogP contribution >= 0.6 is 0 Å². The third-order valence-corrected chi connectivity index (χ3v) is 4.02. The van der Waals surface area contributed by atoms with Gasteiger partial charge in [-0.2, -0.15) is 5.10 Å². The second kappa shape index (κ2) is 5.70. The van der Waals surface area contributed by atoms with E-state index in [1.807, 2.05) is 20.8 Å². The third kappa shape index (κ3) is 3.54. The summed E-state index contributed by atoms with van der Waals surface area (Å²) >= 11 is 0. The first-order valence-corrected chi connectivity index (χ1v) is 7.61. The van der Waals surface area contributed by atoms with Crippen LogP contribution in [-0.2, 0) is 10.0 Å². The van der Waals surface area contributed by atoms with Gasteiger partial charge in [0.2, 0.25) is 10.0 Å². The molecular weight excluding hydrogens is 268 g/mol. The van der Waals surface area contributed by atoms with Gasteiger partial charge in [-0.1, -0.05) is 20.8 Å². The van der Waals surface area contributed by atoms with E-state index in [9.17, 15) is 13.2 Å². The van der Waals surface area contributed by atoms with Gasteiger partial charge in [-0.05, 0) is 19.3 Å². The Bertz CT molecular complexity index is 562. The minimum atomic E-state index is -3.98. The van der Waals surface area contributed by atoms with E-state index in [0.29, 0.717) is 0 Å². The van der Waals surface area contributed by atoms with Crippen LogP contribution in [0.5, 0.6) is 0 Å². The van der Waals surface area contributed by atoms with E-state index in [2.05, 4.69) is 15.5 Å². The van der Waals surface area contributed by atoms with Crippen molar-refractivity contribution < 1.29 is 13.2 Å². The summed E-state index contributed by atoms with van der Waals surface area (Å²) in [4.78, 5) is 11.8. The number of hydrogen-bond acceptors (Lipinski definition) is 4. The molecule has 0 fully saturated rings. The largest absolute Gasteiger partial charge is 0.348 e. The summed E-state index contributed by atoms with van der Waals surface area (Å²) in [6.45, 7) is 7.40. The van der Waals surface area contributed by atoms with Crippen LogP contribution in [0.15, 0.2) is 4.90 Å². The Kier molecular flexibility index (Phi) is 4.70. The van der Waals surface area contributed by atoms with Crippen LogP contribution in [0.3, 0.4) is 0 Å². The number of H-pyrrole nitrogens is 1. The standard InChI is InChI=1S/C11H20N4O3S/c1-5-8(6(2)3)13-11(16)9-10(19(12,17)18)7(4)14-15-9/h6,8H,5H2,1-4H3,(H,13,16)(H,14,15)(H2,12,17,18). The zero-order valence-corrected chi connectivity index (χ0v) is 12.3. The van der Waals surface area contributed by atoms with Gasteiger partial charge in [-0.3, -0.25) is 9.89 Å². The zero-order chi connectivity index (χ0) is 14.8. The molecule has 0 aliphatic carbocycles. The molecule has 0 spiro atoms. The number of carbonyl (C=O) groups is 1. The average Bonchev–Trinajstić information content (AvgIpc) is 2.66. The van der Waals surface area contributed by atoms with Gasteiger partial charge < -0.3 is 5.32 Å². The number of nitrogens with zero attached hydrogens (tertiary/aromatic N) is 1. The van der Waals surface area contributed by atoms with Crippen molar-refractivity contribution in [1.82, 2.24) is 15.5 Å². The van der Waals surface area contributed by atoms with E-state index in [4.69, 9.17) is 5.14 Å². The minimum Gasteiger partial charge on any atom is -0.348 e. The van der Waals surface area contributed by atoms with Crippen LogP contribution < -0.4 is 10.5 Å². The highest BCUT2D eigenvalue weighted by Gasteiger charge is 2.27. The number of nitrogens with one attached hydrogen (secondary N) is 2. The number of rotatable bonds is 5. The molecule has 0 bridgehead atoms. The van der Waals surface area contributed by atoms with Crippen molar-refractivity contribution >= 4 is 15.9 Å². The molecule has 0 aliphatic heterocycles. The molecule has 19 heavy (non-hydrogen) atoms. The number of primary sulfonamides is 1. The Hall–Kier alpha value is -1.41. The van der Waals surface area contributed by atoms with Crippen molar-refractivity contribution in [2.45, 2.75) is 45.1 Å². The molecule has 8 heteroatoms. The van der Waals surface area contributed by atoms with Gasteiger partial charge in [0.1, 0.15) is 4.90 Å². The maximum absolute atomic E-state index is 12.1. The number of hydrogen-bond donors (Lipinski definition) is 3. The lowest BCUT2D eigenvalue weighted by Gasteiger charge is -2.20. The zero-order valence-electron chi connectivity index (χ0n) is 11.5. The molecule has 108 valence electrons. The number of aryl methyl sites for hydroxylation is 1. The molecule has 1 amide bonds. The lowest BCUT2D eigenvalue weighted by Crippen LogP contribution is -2.39. The molecule has 1 rings (SSSR count). The van der Waals surface area contributed by atoms with Gasteiger partial charge in [0, 0.05) is 6.04 Å². The van der Waals surface area contributed by atoms with Gasteiger partial charge in [-0.15, -0.1) is 0 Å². The first-order chi connectivity index (χ1) is 8.68. The van der Waals surface area contributed by atoms with Gasteiger partial charge in [0.15, 0.2) is 5.69 Å². The Morgan fingerprint density at radius 2 is 2.05 bits per heavy atom. The number of amides is 1. The Morgan fingerprint density at radius 3 is 2.47 bits per heavy atom. The highest BCUT2D eigenvalue weighted by molar-refractivity contribution is 7.89. The number of nitrogens with two attached hydrogens (primary N) is 1. The summed E-state index contributed by atoms with van der Waals surface area (Å²) in [5.74, 6) is -0.291. The topological polar surface area (TPSA) is 118 Å². The van der Waals surface area contributed by atoms with Crippen LogP contribution in [0, 0.1) is 12.8 Å². The summed E-state index contributed by atoms with van der Waals surface area (Å²) in [5, 5.41) is 14.1. The molecule has 0 saturated carbocycles. The normalized spacial score (nSPS) is 13.6. The van der Waals surface area contributed by atoms with Crippen LogP contribution in [0.25, 0.3) is 0 Å². The number of aromatic nitrogens is 2. The minimum absolute atomic E-state index is 0.0437. The quantitative estimate of drug-likeness (QED) is 0.732. The predicted octanol–water partition coefficient (Wildman–Crippen LogP) is 0.530. The average molecular weight is 288 g/mol. The Morgan fingerprint density at radius 1 is 1.47 bits per heavy atom. The van der Waals surface area contributed by atoms with Gasteiger partial charge in [-0.25, -0.2) is 13.6 Å². The van der Waals surface area contributed by atoms with Crippen LogP contribution in [-0.4, -0.2) is 30.6 Å². The molecule has 1 aromatic heterocycles. The molecule has 1 aromatic rings. The molecule has 7 nitrogen and oxygen atoms in total. The molecule has 0 saturated heterocycles. The van der Waals surface area contributed by atoms with Gasteiger partial charge in [0.05, 0.1) is 5.69 Å². The van der Waals surface area contributed by atoms with Gasteiger partial charge >= 0.3 is 0 Å². The number of sulfonamides is 1. The second-order valence-corrected chi connectivity index (χ2v) is 6.30. The Labute approximate surface area is 113 Å². The fraction of sp³-hybridized carbons (Fsp3) is 0.636. The summed E-state index contributed by atoms with van der Waals surface area (Å²) in [7, 11) is -3.98. The van der Waals surface area contributed by atoms with Crippen molar-refractivity contribution in [3.8, 4) is 0 Å². The lowest BCUT2D eigenvalue weighted by molar-refractivity contribution is 0.0916. The number of aromatic amines is 1. The van der Waals surface area contributed by atoms with E-state index in [1.54, 1.807) is 0 Å². The first-order valence-electron chi connectivity index (χ1n) is 6.07. The maximum atomic E-state index is 12.1. The van der Waals surface area contributed by atoms with Crippen molar-refractivity contribution in [3.63, 3.8) is 0 Å². The van der Waals surface area contributed by atoms with Crippen molar-refractivity contribution in [2.75, 3.05) is 0 Å². The fourth-order valence-corrected chi connectivity index (χ4v) is 2.78. The smallest absolute Gasteiger partial charge is 0.273 e. The van der Waals surface area contributed by atoms with Crippen LogP contribution in [0.2, 0.25) is 0 Å². The summed E-state index contributed by atoms with van der Waals surface area (Å²) in [6, 6.07) is -0.0437. The molecule has 0 radical (unpaired) electrons. The molecule has 1 heterocycles. The SMILES string of the molecule is CCC(NC(=O)c1n[nH]c(C)c1S(N)(=O)=O)C(C)C. The van der Waals surface area contributed by atoms with E-state index < -0.39 is 15.9 Å². The van der Waals surface area contributed by atoms with Crippen molar-refractivity contribution in [2.24, 2.45) is 11.1 Å². The maximum Gasteiger partial charge on any atom is 0.273 e. The summed E-state index contributed by atoms with van der Waals surface area (Å²) in [6.07, 6.45) is 0.748. The monoisotopic (exact) mass is 288 g/mol. The molecule has 1 unspecified atom stereocenters. The van der Waals surface area contributed by atoms with E-state index in [1.165, 1.54) is 6.92 Å². The van der Waals surface area contributed by atoms with E-state index in [-0.39, 0.29) is 28.2 Å².